The Morgan fingerprint density at radius 3 is 2.31 bits per heavy atom. The van der Waals surface area contributed by atoms with Crippen LogP contribution in [0.25, 0.3) is 0 Å². The molecule has 1 aromatic carbocycles. The van der Waals surface area contributed by atoms with Gasteiger partial charge in [0.15, 0.2) is 12.4 Å². The zero-order valence-electron chi connectivity index (χ0n) is 12.7. The molecular formula is C15H10F6N2O3. The number of carbonyl (C=O) groups is 1. The fourth-order valence-corrected chi connectivity index (χ4v) is 1.73. The third kappa shape index (κ3) is 6.15. The second kappa shape index (κ2) is 7.50. The SMILES string of the molecule is O=C(Nc1ccccc1OC(F)(F)F)c1ccc(OCC(F)(F)F)nc1. The van der Waals surface area contributed by atoms with Gasteiger partial charge in [-0.05, 0) is 18.2 Å². The number of hydrogen-bond acceptors (Lipinski definition) is 4. The topological polar surface area (TPSA) is 60.5 Å². The first kappa shape index (κ1) is 19.3. The van der Waals surface area contributed by atoms with Crippen molar-refractivity contribution in [2.24, 2.45) is 0 Å². The van der Waals surface area contributed by atoms with Gasteiger partial charge in [0.05, 0.1) is 11.3 Å². The number of pyridine rings is 1. The number of ether oxygens (including phenoxy) is 2. The number of aromatic nitrogens is 1. The Balaban J connectivity index is 2.06. The van der Waals surface area contributed by atoms with Gasteiger partial charge in [0, 0.05) is 12.3 Å². The zero-order valence-corrected chi connectivity index (χ0v) is 12.7. The summed E-state index contributed by atoms with van der Waals surface area (Å²) in [7, 11) is 0. The Morgan fingerprint density at radius 2 is 1.73 bits per heavy atom. The number of hydrogen-bond donors (Lipinski definition) is 1. The average molecular weight is 380 g/mol. The van der Waals surface area contributed by atoms with Crippen molar-refractivity contribution < 1.29 is 40.6 Å². The maximum atomic E-state index is 12.3. The number of para-hydroxylation sites is 2. The molecule has 0 saturated heterocycles. The quantitative estimate of drug-likeness (QED) is 0.791. The number of nitrogens with one attached hydrogen (secondary N) is 1. The first-order valence-electron chi connectivity index (χ1n) is 6.85. The molecule has 140 valence electrons. The van der Waals surface area contributed by atoms with Crippen LogP contribution in [0.4, 0.5) is 32.0 Å². The minimum Gasteiger partial charge on any atom is -0.468 e. The second-order valence-corrected chi connectivity index (χ2v) is 4.79. The lowest BCUT2D eigenvalue weighted by atomic mass is 10.2. The van der Waals surface area contributed by atoms with E-state index >= 15 is 0 Å². The maximum absolute atomic E-state index is 12.3. The number of alkyl halides is 6. The molecular weight excluding hydrogens is 370 g/mol. The van der Waals surface area contributed by atoms with Crippen LogP contribution in [0.1, 0.15) is 10.4 Å². The smallest absolute Gasteiger partial charge is 0.468 e. The molecule has 0 unspecified atom stereocenters. The zero-order chi connectivity index (χ0) is 19.4. The van der Waals surface area contributed by atoms with Crippen LogP contribution in [-0.4, -0.2) is 30.0 Å². The van der Waals surface area contributed by atoms with Crippen molar-refractivity contribution in [2.45, 2.75) is 12.5 Å². The van der Waals surface area contributed by atoms with Gasteiger partial charge < -0.3 is 14.8 Å². The highest BCUT2D eigenvalue weighted by atomic mass is 19.4. The Kier molecular flexibility index (Phi) is 5.58. The van der Waals surface area contributed by atoms with E-state index in [0.717, 1.165) is 24.4 Å². The van der Waals surface area contributed by atoms with Gasteiger partial charge in [-0.25, -0.2) is 4.98 Å². The van der Waals surface area contributed by atoms with E-state index in [1.807, 2.05) is 0 Å². The van der Waals surface area contributed by atoms with Gasteiger partial charge in [-0.15, -0.1) is 13.2 Å². The van der Waals surface area contributed by atoms with Crippen LogP contribution in [0, 0.1) is 0 Å². The number of benzene rings is 1. The Hall–Kier alpha value is -2.98. The molecule has 0 bridgehead atoms. The van der Waals surface area contributed by atoms with Gasteiger partial charge in [0.1, 0.15) is 0 Å². The molecule has 1 aromatic heterocycles. The normalized spacial score (nSPS) is 11.8. The van der Waals surface area contributed by atoms with E-state index in [9.17, 15) is 31.1 Å². The lowest BCUT2D eigenvalue weighted by Gasteiger charge is -2.14. The molecule has 0 fully saturated rings. The maximum Gasteiger partial charge on any atom is 0.573 e. The summed E-state index contributed by atoms with van der Waals surface area (Å²) in [4.78, 5) is 15.6. The molecule has 0 spiro atoms. The van der Waals surface area contributed by atoms with Crippen LogP contribution < -0.4 is 14.8 Å². The molecule has 5 nitrogen and oxygen atoms in total. The molecule has 0 atom stereocenters. The summed E-state index contributed by atoms with van der Waals surface area (Å²) >= 11 is 0. The molecule has 0 radical (unpaired) electrons. The number of rotatable bonds is 5. The third-order valence-corrected chi connectivity index (χ3v) is 2.74. The first-order chi connectivity index (χ1) is 12.0. The molecule has 2 aromatic rings. The fraction of sp³-hybridized carbons (Fsp3) is 0.200. The summed E-state index contributed by atoms with van der Waals surface area (Å²) in [5, 5.41) is 2.20. The molecule has 2 rings (SSSR count). The first-order valence-corrected chi connectivity index (χ1v) is 6.85. The van der Waals surface area contributed by atoms with E-state index in [-0.39, 0.29) is 17.1 Å². The predicted octanol–water partition coefficient (Wildman–Crippen LogP) is 4.17. The van der Waals surface area contributed by atoms with Gasteiger partial charge in [-0.3, -0.25) is 4.79 Å². The van der Waals surface area contributed by atoms with Crippen molar-refractivity contribution >= 4 is 11.6 Å². The Bertz CT molecular complexity index is 759. The number of anilines is 1. The summed E-state index contributed by atoms with van der Waals surface area (Å²) in [6.07, 6.45) is -8.56. The molecule has 26 heavy (non-hydrogen) atoms. The minimum atomic E-state index is -4.94. The fourth-order valence-electron chi connectivity index (χ4n) is 1.73. The van der Waals surface area contributed by atoms with E-state index in [4.69, 9.17) is 0 Å². The monoisotopic (exact) mass is 380 g/mol. The highest BCUT2D eigenvalue weighted by Crippen LogP contribution is 2.30. The average Bonchev–Trinajstić information content (AvgIpc) is 2.53. The largest absolute Gasteiger partial charge is 0.573 e. The van der Waals surface area contributed by atoms with E-state index in [1.165, 1.54) is 18.2 Å². The molecule has 1 amide bonds. The van der Waals surface area contributed by atoms with Crippen LogP contribution >= 0.6 is 0 Å². The summed E-state index contributed by atoms with van der Waals surface area (Å²) < 4.78 is 81.3. The Labute approximate surface area is 142 Å². The number of amides is 1. The minimum absolute atomic E-state index is 0.105. The van der Waals surface area contributed by atoms with Gasteiger partial charge >= 0.3 is 12.5 Å². The van der Waals surface area contributed by atoms with E-state index in [0.29, 0.717) is 0 Å². The van der Waals surface area contributed by atoms with Crippen LogP contribution in [0.5, 0.6) is 11.6 Å². The van der Waals surface area contributed by atoms with Crippen LogP contribution in [0.15, 0.2) is 42.6 Å². The number of halogens is 6. The lowest BCUT2D eigenvalue weighted by Crippen LogP contribution is -2.20. The van der Waals surface area contributed by atoms with Gasteiger partial charge in [-0.1, -0.05) is 12.1 Å². The van der Waals surface area contributed by atoms with E-state index in [1.54, 1.807) is 0 Å². The van der Waals surface area contributed by atoms with E-state index < -0.39 is 30.8 Å². The highest BCUT2D eigenvalue weighted by molar-refractivity contribution is 6.04. The van der Waals surface area contributed by atoms with Crippen molar-refractivity contribution in [3.63, 3.8) is 0 Å². The van der Waals surface area contributed by atoms with Crippen molar-refractivity contribution in [1.82, 2.24) is 4.98 Å². The van der Waals surface area contributed by atoms with Gasteiger partial charge in [0.25, 0.3) is 5.91 Å². The standard InChI is InChI=1S/C15H10F6N2O3/c16-14(17,18)8-25-12-6-5-9(7-22-12)13(24)23-10-3-1-2-4-11(10)26-15(19,20)21/h1-7H,8H2,(H,23,24). The summed E-state index contributed by atoms with van der Waals surface area (Å²) in [6.45, 7) is -1.55. The predicted molar refractivity (Wildman–Crippen MR) is 76.9 cm³/mol. The molecule has 1 N–H and O–H groups in total. The molecule has 1 heterocycles. The molecule has 0 saturated carbocycles. The summed E-state index contributed by atoms with van der Waals surface area (Å²) in [5.41, 5.74) is -0.349. The van der Waals surface area contributed by atoms with Crippen LogP contribution in [0.2, 0.25) is 0 Å². The number of nitrogens with zero attached hydrogens (tertiary/aromatic N) is 1. The highest BCUT2D eigenvalue weighted by Gasteiger charge is 2.32. The van der Waals surface area contributed by atoms with Crippen molar-refractivity contribution in [1.29, 1.82) is 0 Å². The molecule has 0 aliphatic rings. The lowest BCUT2D eigenvalue weighted by molar-refractivity contribution is -0.274. The van der Waals surface area contributed by atoms with Gasteiger partial charge in [-0.2, -0.15) is 13.2 Å². The van der Waals surface area contributed by atoms with E-state index in [2.05, 4.69) is 19.8 Å². The second-order valence-electron chi connectivity index (χ2n) is 4.79. The van der Waals surface area contributed by atoms with Crippen LogP contribution in [-0.2, 0) is 0 Å². The Morgan fingerprint density at radius 1 is 1.04 bits per heavy atom. The van der Waals surface area contributed by atoms with Crippen molar-refractivity contribution in [2.75, 3.05) is 11.9 Å². The summed E-state index contributed by atoms with van der Waals surface area (Å²) in [6, 6.07) is 7.00. The molecule has 0 aliphatic carbocycles. The number of carbonyl (C=O) groups excluding carboxylic acids is 1. The van der Waals surface area contributed by atoms with Crippen molar-refractivity contribution in [3.8, 4) is 11.6 Å². The van der Waals surface area contributed by atoms with Gasteiger partial charge in [0.2, 0.25) is 5.88 Å². The summed E-state index contributed by atoms with van der Waals surface area (Å²) in [5.74, 6) is -1.82. The third-order valence-electron chi connectivity index (χ3n) is 2.74. The molecule has 11 heteroatoms. The van der Waals surface area contributed by atoms with Crippen molar-refractivity contribution in [3.05, 3.63) is 48.2 Å². The van der Waals surface area contributed by atoms with Crippen LogP contribution in [0.3, 0.4) is 0 Å². The molecule has 0 aliphatic heterocycles.